The molecule has 0 bridgehead atoms. The molecule has 3 heteroatoms. The highest BCUT2D eigenvalue weighted by atomic mass is 16.5. The minimum Gasteiger partial charge on any atom is -0.489 e. The number of carbonyl (C=O) groups excluding carboxylic acids is 1. The van der Waals surface area contributed by atoms with Gasteiger partial charge >= 0.3 is 0 Å². The molecule has 0 saturated heterocycles. The van der Waals surface area contributed by atoms with E-state index in [1.54, 1.807) is 12.1 Å². The van der Waals surface area contributed by atoms with E-state index in [4.69, 9.17) is 10.5 Å². The van der Waals surface area contributed by atoms with Crippen molar-refractivity contribution in [3.8, 4) is 0 Å². The van der Waals surface area contributed by atoms with E-state index in [0.29, 0.717) is 24.5 Å². The number of Topliss-reactive ketones (excluding diaryl/α,β-unsaturated/α-hetero) is 1. The SMILES string of the molecule is NCc1ccc(C(=O)C2=CCCO2)cc1. The first-order valence-corrected chi connectivity index (χ1v) is 4.98. The normalized spacial score (nSPS) is 14.6. The van der Waals surface area contributed by atoms with Gasteiger partial charge in [0.2, 0.25) is 5.78 Å². The van der Waals surface area contributed by atoms with Crippen LogP contribution >= 0.6 is 0 Å². The molecule has 0 radical (unpaired) electrons. The van der Waals surface area contributed by atoms with Gasteiger partial charge in [-0.2, -0.15) is 0 Å². The number of ketones is 1. The largest absolute Gasteiger partial charge is 0.489 e. The van der Waals surface area contributed by atoms with E-state index in [1.165, 1.54) is 0 Å². The van der Waals surface area contributed by atoms with Crippen molar-refractivity contribution >= 4 is 5.78 Å². The van der Waals surface area contributed by atoms with Gasteiger partial charge in [0.1, 0.15) is 0 Å². The molecule has 0 atom stereocenters. The molecule has 0 unspecified atom stereocenters. The lowest BCUT2D eigenvalue weighted by Gasteiger charge is -2.03. The minimum atomic E-state index is -0.0453. The Bertz CT molecular complexity index is 393. The Balaban J connectivity index is 2.18. The summed E-state index contributed by atoms with van der Waals surface area (Å²) in [5.41, 5.74) is 7.15. The maximum atomic E-state index is 11.8. The third kappa shape index (κ3) is 2.07. The summed E-state index contributed by atoms with van der Waals surface area (Å²) in [7, 11) is 0. The number of nitrogens with two attached hydrogens (primary N) is 1. The zero-order chi connectivity index (χ0) is 10.7. The molecule has 1 aromatic rings. The van der Waals surface area contributed by atoms with Crippen molar-refractivity contribution in [3.63, 3.8) is 0 Å². The lowest BCUT2D eigenvalue weighted by atomic mass is 10.1. The van der Waals surface area contributed by atoms with Gasteiger partial charge in [-0.25, -0.2) is 0 Å². The number of carbonyl (C=O) groups is 1. The number of benzene rings is 1. The Morgan fingerprint density at radius 1 is 1.33 bits per heavy atom. The third-order valence-electron chi connectivity index (χ3n) is 2.38. The zero-order valence-electron chi connectivity index (χ0n) is 8.40. The molecule has 0 amide bonds. The van der Waals surface area contributed by atoms with Crippen molar-refractivity contribution in [2.75, 3.05) is 6.61 Å². The summed E-state index contributed by atoms with van der Waals surface area (Å²) in [6, 6.07) is 7.30. The van der Waals surface area contributed by atoms with E-state index in [2.05, 4.69) is 0 Å². The van der Waals surface area contributed by atoms with E-state index in [9.17, 15) is 4.79 Å². The van der Waals surface area contributed by atoms with Crippen LogP contribution in [-0.2, 0) is 11.3 Å². The van der Waals surface area contributed by atoms with Crippen LogP contribution in [0, 0.1) is 0 Å². The quantitative estimate of drug-likeness (QED) is 0.760. The van der Waals surface area contributed by atoms with Crippen LogP contribution in [0.3, 0.4) is 0 Å². The molecule has 15 heavy (non-hydrogen) atoms. The number of hydrogen-bond donors (Lipinski definition) is 1. The molecular formula is C12H13NO2. The molecular weight excluding hydrogens is 190 g/mol. The van der Waals surface area contributed by atoms with Gasteiger partial charge in [0.15, 0.2) is 5.76 Å². The van der Waals surface area contributed by atoms with Crippen molar-refractivity contribution < 1.29 is 9.53 Å². The Morgan fingerprint density at radius 3 is 2.60 bits per heavy atom. The van der Waals surface area contributed by atoms with Crippen LogP contribution in [0.2, 0.25) is 0 Å². The summed E-state index contributed by atoms with van der Waals surface area (Å²) in [6.07, 6.45) is 2.65. The van der Waals surface area contributed by atoms with Gasteiger partial charge < -0.3 is 10.5 Å². The summed E-state index contributed by atoms with van der Waals surface area (Å²) in [6.45, 7) is 1.11. The molecule has 2 N–H and O–H groups in total. The smallest absolute Gasteiger partial charge is 0.227 e. The number of hydrogen-bond acceptors (Lipinski definition) is 3. The van der Waals surface area contributed by atoms with Crippen LogP contribution in [0.4, 0.5) is 0 Å². The van der Waals surface area contributed by atoms with Crippen molar-refractivity contribution in [1.82, 2.24) is 0 Å². The van der Waals surface area contributed by atoms with E-state index >= 15 is 0 Å². The van der Waals surface area contributed by atoms with E-state index in [-0.39, 0.29) is 5.78 Å². The van der Waals surface area contributed by atoms with Crippen molar-refractivity contribution in [3.05, 3.63) is 47.2 Å². The summed E-state index contributed by atoms with van der Waals surface area (Å²) < 4.78 is 5.21. The molecule has 78 valence electrons. The molecule has 0 saturated carbocycles. The fourth-order valence-electron chi connectivity index (χ4n) is 1.51. The lowest BCUT2D eigenvalue weighted by molar-refractivity contribution is 0.0942. The van der Waals surface area contributed by atoms with Crippen molar-refractivity contribution in [1.29, 1.82) is 0 Å². The van der Waals surface area contributed by atoms with Crippen LogP contribution in [-0.4, -0.2) is 12.4 Å². The Morgan fingerprint density at radius 2 is 2.07 bits per heavy atom. The molecule has 1 aromatic carbocycles. The molecule has 1 heterocycles. The number of ether oxygens (including phenoxy) is 1. The Kier molecular flexibility index (Phi) is 2.83. The lowest BCUT2D eigenvalue weighted by Crippen LogP contribution is -2.04. The average molecular weight is 203 g/mol. The number of allylic oxidation sites excluding steroid dienone is 1. The Hall–Kier alpha value is -1.61. The molecule has 2 rings (SSSR count). The van der Waals surface area contributed by atoms with Gasteiger partial charge in [0, 0.05) is 18.5 Å². The van der Waals surface area contributed by atoms with Gasteiger partial charge in [-0.3, -0.25) is 4.79 Å². The van der Waals surface area contributed by atoms with E-state index in [1.807, 2.05) is 18.2 Å². The van der Waals surface area contributed by atoms with Crippen LogP contribution in [0.5, 0.6) is 0 Å². The first-order chi connectivity index (χ1) is 7.31. The van der Waals surface area contributed by atoms with Crippen LogP contribution in [0.1, 0.15) is 22.3 Å². The standard InChI is InChI=1S/C12H13NO2/c13-8-9-3-5-10(6-4-9)12(14)11-2-1-7-15-11/h2-6H,1,7-8,13H2. The highest BCUT2D eigenvalue weighted by Gasteiger charge is 2.16. The van der Waals surface area contributed by atoms with Crippen molar-refractivity contribution in [2.45, 2.75) is 13.0 Å². The topological polar surface area (TPSA) is 52.3 Å². The maximum absolute atomic E-state index is 11.8. The summed E-state index contributed by atoms with van der Waals surface area (Å²) >= 11 is 0. The third-order valence-corrected chi connectivity index (χ3v) is 2.38. The second-order valence-electron chi connectivity index (χ2n) is 3.44. The molecule has 0 fully saturated rings. The molecule has 3 nitrogen and oxygen atoms in total. The first kappa shape index (κ1) is 9.93. The highest BCUT2D eigenvalue weighted by molar-refractivity contribution is 6.07. The highest BCUT2D eigenvalue weighted by Crippen LogP contribution is 2.16. The first-order valence-electron chi connectivity index (χ1n) is 4.98. The van der Waals surface area contributed by atoms with Gasteiger partial charge in [-0.15, -0.1) is 0 Å². The molecule has 1 aliphatic rings. The summed E-state index contributed by atoms with van der Waals surface area (Å²) in [4.78, 5) is 11.8. The fraction of sp³-hybridized carbons (Fsp3) is 0.250. The molecule has 0 aliphatic carbocycles. The van der Waals surface area contributed by atoms with Crippen LogP contribution in [0.25, 0.3) is 0 Å². The van der Waals surface area contributed by atoms with Gasteiger partial charge in [0.05, 0.1) is 6.61 Å². The van der Waals surface area contributed by atoms with Gasteiger partial charge in [0.25, 0.3) is 0 Å². The van der Waals surface area contributed by atoms with Crippen LogP contribution in [0.15, 0.2) is 36.1 Å². The van der Waals surface area contributed by atoms with Crippen molar-refractivity contribution in [2.24, 2.45) is 5.73 Å². The summed E-state index contributed by atoms with van der Waals surface area (Å²) in [5, 5.41) is 0. The molecule has 0 aromatic heterocycles. The second kappa shape index (κ2) is 4.28. The predicted octanol–water partition coefficient (Wildman–Crippen LogP) is 1.63. The van der Waals surface area contributed by atoms with E-state index in [0.717, 1.165) is 12.0 Å². The van der Waals surface area contributed by atoms with Gasteiger partial charge in [-0.05, 0) is 11.6 Å². The predicted molar refractivity (Wildman–Crippen MR) is 57.3 cm³/mol. The number of rotatable bonds is 3. The molecule has 1 aliphatic heterocycles. The monoisotopic (exact) mass is 203 g/mol. The molecule has 0 spiro atoms. The Labute approximate surface area is 88.5 Å². The average Bonchev–Trinajstić information content (AvgIpc) is 2.82. The zero-order valence-corrected chi connectivity index (χ0v) is 8.40. The fourth-order valence-corrected chi connectivity index (χ4v) is 1.51. The summed E-state index contributed by atoms with van der Waals surface area (Å²) in [5.74, 6) is 0.423. The maximum Gasteiger partial charge on any atom is 0.227 e. The minimum absolute atomic E-state index is 0.0453. The van der Waals surface area contributed by atoms with Crippen LogP contribution < -0.4 is 5.73 Å². The van der Waals surface area contributed by atoms with Gasteiger partial charge in [-0.1, -0.05) is 24.3 Å². The van der Waals surface area contributed by atoms with E-state index < -0.39 is 0 Å². The second-order valence-corrected chi connectivity index (χ2v) is 3.44.